The summed E-state index contributed by atoms with van der Waals surface area (Å²) in [6.07, 6.45) is 1.47. The molecule has 4 rings (SSSR count). The normalized spacial score (nSPS) is 10.5. The van der Waals surface area contributed by atoms with E-state index in [0.717, 1.165) is 26.2 Å². The molecule has 0 saturated carbocycles. The van der Waals surface area contributed by atoms with Crippen molar-refractivity contribution >= 4 is 44.8 Å². The summed E-state index contributed by atoms with van der Waals surface area (Å²) in [5.41, 5.74) is 9.85. The van der Waals surface area contributed by atoms with Crippen molar-refractivity contribution in [1.82, 2.24) is 9.97 Å². The van der Waals surface area contributed by atoms with Crippen LogP contribution in [0.5, 0.6) is 0 Å². The average molecular weight is 400 g/mol. The Morgan fingerprint density at radius 1 is 1.03 bits per heavy atom. The Hall–Kier alpha value is -3.96. The summed E-state index contributed by atoms with van der Waals surface area (Å²) >= 11 is 1.58. The Morgan fingerprint density at radius 3 is 2.28 bits per heavy atom. The lowest BCUT2D eigenvalue weighted by Gasteiger charge is -2.09. The average Bonchev–Trinajstić information content (AvgIpc) is 3.06. The van der Waals surface area contributed by atoms with Crippen LogP contribution in [0.3, 0.4) is 0 Å². The van der Waals surface area contributed by atoms with Crippen LogP contribution >= 0.6 is 11.3 Å². The number of nitrogen functional groups attached to an aromatic ring is 1. The number of nitrogens with zero attached hydrogens (tertiary/aromatic N) is 3. The van der Waals surface area contributed by atoms with Crippen molar-refractivity contribution in [3.8, 4) is 17.2 Å². The Bertz CT molecular complexity index is 1240. The molecule has 0 aliphatic carbocycles. The zero-order chi connectivity index (χ0) is 20.4. The number of carbonyl (C=O) groups excluding carboxylic acids is 1. The molecule has 0 atom stereocenters. The van der Waals surface area contributed by atoms with Gasteiger partial charge in [0.15, 0.2) is 0 Å². The van der Waals surface area contributed by atoms with Gasteiger partial charge in [-0.1, -0.05) is 12.1 Å². The third kappa shape index (κ3) is 3.72. The number of urea groups is 1. The summed E-state index contributed by atoms with van der Waals surface area (Å²) in [6.45, 7) is 2.03. The third-order valence-electron chi connectivity index (χ3n) is 4.40. The summed E-state index contributed by atoms with van der Waals surface area (Å²) in [4.78, 5) is 22.6. The van der Waals surface area contributed by atoms with Gasteiger partial charge < -0.3 is 16.4 Å². The van der Waals surface area contributed by atoms with E-state index in [4.69, 9.17) is 11.0 Å². The van der Waals surface area contributed by atoms with E-state index in [1.54, 1.807) is 35.6 Å². The van der Waals surface area contributed by atoms with Crippen LogP contribution in [0, 0.1) is 18.3 Å². The van der Waals surface area contributed by atoms with E-state index < -0.39 is 0 Å². The third-order valence-corrected chi connectivity index (χ3v) is 5.41. The maximum absolute atomic E-state index is 12.2. The number of aryl methyl sites for hydroxylation is 1. The number of carbonyl (C=O) groups is 1. The van der Waals surface area contributed by atoms with Gasteiger partial charge in [-0.2, -0.15) is 5.26 Å². The molecular weight excluding hydrogens is 384 g/mol. The smallest absolute Gasteiger partial charge is 0.323 e. The molecule has 2 aromatic carbocycles. The molecule has 7 nitrogen and oxygen atoms in total. The Kier molecular flexibility index (Phi) is 4.81. The zero-order valence-corrected chi connectivity index (χ0v) is 16.2. The molecule has 0 aliphatic rings. The molecule has 2 amide bonds. The first-order valence-electron chi connectivity index (χ1n) is 8.73. The molecule has 8 heteroatoms. The van der Waals surface area contributed by atoms with Crippen molar-refractivity contribution in [2.45, 2.75) is 6.92 Å². The van der Waals surface area contributed by atoms with Crippen molar-refractivity contribution in [1.29, 1.82) is 5.26 Å². The number of nitrogens with one attached hydrogen (secondary N) is 2. The molecule has 0 radical (unpaired) electrons. The minimum atomic E-state index is -0.364. The molecule has 0 aliphatic heterocycles. The van der Waals surface area contributed by atoms with Gasteiger partial charge in [-0.3, -0.25) is 0 Å². The number of nitriles is 1. The quantitative estimate of drug-likeness (QED) is 0.458. The van der Waals surface area contributed by atoms with E-state index in [2.05, 4.69) is 20.6 Å². The van der Waals surface area contributed by atoms with Crippen LogP contribution in [0.4, 0.5) is 22.0 Å². The van der Waals surface area contributed by atoms with Crippen LogP contribution in [0.1, 0.15) is 10.4 Å². The van der Waals surface area contributed by atoms with E-state index in [0.29, 0.717) is 22.8 Å². The summed E-state index contributed by atoms with van der Waals surface area (Å²) < 4.78 is 0. The van der Waals surface area contributed by atoms with E-state index in [1.165, 1.54) is 6.33 Å². The monoisotopic (exact) mass is 400 g/mol. The molecule has 0 saturated heterocycles. The lowest BCUT2D eigenvalue weighted by molar-refractivity contribution is 0.262. The number of nitrogens with two attached hydrogens (primary N) is 1. The van der Waals surface area contributed by atoms with Crippen molar-refractivity contribution in [3.63, 3.8) is 0 Å². The number of rotatable bonds is 3. The minimum absolute atomic E-state index is 0.364. The maximum atomic E-state index is 12.2. The molecule has 4 aromatic rings. The van der Waals surface area contributed by atoms with Gasteiger partial charge in [0, 0.05) is 21.8 Å². The molecular formula is C21H16N6OS. The first-order valence-corrected chi connectivity index (χ1v) is 9.55. The first-order chi connectivity index (χ1) is 14.0. The summed E-state index contributed by atoms with van der Waals surface area (Å²) in [5, 5.41) is 15.2. The fourth-order valence-corrected chi connectivity index (χ4v) is 4.08. The van der Waals surface area contributed by atoms with E-state index >= 15 is 0 Å². The van der Waals surface area contributed by atoms with Crippen molar-refractivity contribution < 1.29 is 4.79 Å². The fraction of sp³-hybridized carbons (Fsp3) is 0.0476. The van der Waals surface area contributed by atoms with E-state index in [-0.39, 0.29) is 6.03 Å². The lowest BCUT2D eigenvalue weighted by Crippen LogP contribution is -2.19. The number of aromatic nitrogens is 2. The van der Waals surface area contributed by atoms with Crippen LogP contribution in [0.2, 0.25) is 0 Å². The van der Waals surface area contributed by atoms with Crippen LogP contribution in [0.15, 0.2) is 54.9 Å². The second-order valence-electron chi connectivity index (χ2n) is 6.32. The number of amides is 2. The highest BCUT2D eigenvalue weighted by Gasteiger charge is 2.15. The molecule has 29 heavy (non-hydrogen) atoms. The van der Waals surface area contributed by atoms with Gasteiger partial charge in [0.2, 0.25) is 0 Å². The molecule has 0 spiro atoms. The lowest BCUT2D eigenvalue weighted by atomic mass is 10.0. The zero-order valence-electron chi connectivity index (χ0n) is 15.4. The highest BCUT2D eigenvalue weighted by molar-refractivity contribution is 7.19. The second kappa shape index (κ2) is 7.58. The first kappa shape index (κ1) is 18.4. The van der Waals surface area contributed by atoms with Gasteiger partial charge in [0.1, 0.15) is 17.0 Å². The minimum Gasteiger partial charge on any atom is -0.383 e. The molecule has 0 bridgehead atoms. The topological polar surface area (TPSA) is 117 Å². The van der Waals surface area contributed by atoms with Crippen LogP contribution in [0.25, 0.3) is 21.3 Å². The number of benzene rings is 2. The fourth-order valence-electron chi connectivity index (χ4n) is 3.06. The van der Waals surface area contributed by atoms with Gasteiger partial charge in [-0.25, -0.2) is 14.8 Å². The van der Waals surface area contributed by atoms with Gasteiger partial charge in [0.25, 0.3) is 0 Å². The molecule has 2 heterocycles. The molecule has 4 N–H and O–H groups in total. The maximum Gasteiger partial charge on any atom is 0.323 e. The SMILES string of the molecule is Cc1sc2ncnc(N)c2c1-c1ccc(NC(=O)Nc2ccc(C#N)cc2)cc1. The number of anilines is 3. The second-order valence-corrected chi connectivity index (χ2v) is 7.52. The predicted molar refractivity (Wildman–Crippen MR) is 116 cm³/mol. The van der Waals surface area contributed by atoms with Crippen molar-refractivity contribution in [2.75, 3.05) is 16.4 Å². The van der Waals surface area contributed by atoms with Crippen LogP contribution < -0.4 is 16.4 Å². The van der Waals surface area contributed by atoms with Crippen LogP contribution in [-0.2, 0) is 0 Å². The van der Waals surface area contributed by atoms with Gasteiger partial charge in [-0.05, 0) is 48.9 Å². The van der Waals surface area contributed by atoms with Crippen molar-refractivity contribution in [2.24, 2.45) is 0 Å². The number of fused-ring (bicyclic) bond motifs is 1. The van der Waals surface area contributed by atoms with Gasteiger partial charge in [0.05, 0.1) is 17.0 Å². The van der Waals surface area contributed by atoms with Gasteiger partial charge >= 0.3 is 6.03 Å². The Balaban J connectivity index is 1.52. The van der Waals surface area contributed by atoms with E-state index in [9.17, 15) is 4.79 Å². The predicted octanol–water partition coefficient (Wildman–Crippen LogP) is 4.76. The summed E-state index contributed by atoms with van der Waals surface area (Å²) in [6, 6.07) is 15.8. The number of thiophene rings is 1. The highest BCUT2D eigenvalue weighted by Crippen LogP contribution is 2.39. The standard InChI is InChI=1S/C21H16N6OS/c1-12-17(18-19(23)24-11-25-20(18)29-12)14-4-8-16(9-5-14)27-21(28)26-15-6-2-13(10-22)3-7-15/h2-9,11H,1H3,(H2,23,24,25)(H2,26,27,28). The number of hydrogen-bond acceptors (Lipinski definition) is 6. The highest BCUT2D eigenvalue weighted by atomic mass is 32.1. The van der Waals surface area contributed by atoms with Crippen LogP contribution in [-0.4, -0.2) is 16.0 Å². The summed E-state index contributed by atoms with van der Waals surface area (Å²) in [5.74, 6) is 0.457. The molecule has 0 unspecified atom stereocenters. The summed E-state index contributed by atoms with van der Waals surface area (Å²) in [7, 11) is 0. The van der Waals surface area contributed by atoms with E-state index in [1.807, 2.05) is 37.3 Å². The number of hydrogen-bond donors (Lipinski definition) is 3. The van der Waals surface area contributed by atoms with Crippen molar-refractivity contribution in [3.05, 3.63) is 65.3 Å². The largest absolute Gasteiger partial charge is 0.383 e. The van der Waals surface area contributed by atoms with Gasteiger partial charge in [-0.15, -0.1) is 11.3 Å². The Labute approximate surface area is 170 Å². The molecule has 142 valence electrons. The molecule has 0 fully saturated rings. The Morgan fingerprint density at radius 2 is 1.66 bits per heavy atom. The molecule has 2 aromatic heterocycles.